The molecule has 0 fully saturated rings. The maximum Gasteiger partial charge on any atom is 0.524 e. The molecule has 5 heteroatoms. The van der Waals surface area contributed by atoms with E-state index >= 15 is 0 Å². The van der Waals surface area contributed by atoms with Crippen molar-refractivity contribution in [3.05, 3.63) is 29.3 Å². The molecular formula is C14H23O4P. The molecule has 108 valence electrons. The van der Waals surface area contributed by atoms with Gasteiger partial charge in [-0.15, -0.1) is 0 Å². The van der Waals surface area contributed by atoms with Gasteiger partial charge in [0.1, 0.15) is 5.75 Å². The van der Waals surface area contributed by atoms with Crippen LogP contribution in [0.2, 0.25) is 0 Å². The minimum absolute atomic E-state index is 0.307. The van der Waals surface area contributed by atoms with Gasteiger partial charge < -0.3 is 4.52 Å². The number of phosphoric ester groups is 1. The van der Waals surface area contributed by atoms with Crippen LogP contribution in [0.5, 0.6) is 5.75 Å². The van der Waals surface area contributed by atoms with E-state index in [1.807, 2.05) is 12.1 Å². The molecule has 1 aromatic rings. The van der Waals surface area contributed by atoms with E-state index in [2.05, 4.69) is 13.8 Å². The Labute approximate surface area is 115 Å². The summed E-state index contributed by atoms with van der Waals surface area (Å²) in [7, 11) is -4.48. The second kappa shape index (κ2) is 7.68. The molecule has 0 aromatic heterocycles. The normalized spacial score (nSPS) is 11.6. The van der Waals surface area contributed by atoms with Crippen LogP contribution in [-0.2, 0) is 17.4 Å². The van der Waals surface area contributed by atoms with Crippen molar-refractivity contribution in [2.75, 3.05) is 0 Å². The van der Waals surface area contributed by atoms with E-state index in [0.717, 1.165) is 36.8 Å². The Morgan fingerprint density at radius 2 is 1.89 bits per heavy atom. The Kier molecular flexibility index (Phi) is 6.56. The third-order valence-corrected chi connectivity index (χ3v) is 3.48. The summed E-state index contributed by atoms with van der Waals surface area (Å²) in [6.45, 7) is 4.21. The molecule has 0 bridgehead atoms. The fourth-order valence-electron chi connectivity index (χ4n) is 2.01. The SMILES string of the molecule is CCCCCCc1cc(CC)ccc1OP(=O)(O)O. The molecule has 0 amide bonds. The van der Waals surface area contributed by atoms with Gasteiger partial charge in [0.2, 0.25) is 0 Å². The van der Waals surface area contributed by atoms with Gasteiger partial charge in [-0.1, -0.05) is 45.2 Å². The number of aryl methyl sites for hydroxylation is 2. The Morgan fingerprint density at radius 1 is 1.16 bits per heavy atom. The molecule has 1 rings (SSSR count). The van der Waals surface area contributed by atoms with Crippen molar-refractivity contribution >= 4 is 7.82 Å². The van der Waals surface area contributed by atoms with Crippen LogP contribution in [0.3, 0.4) is 0 Å². The molecule has 0 saturated heterocycles. The maximum absolute atomic E-state index is 11.0. The van der Waals surface area contributed by atoms with Crippen LogP contribution in [-0.4, -0.2) is 9.79 Å². The van der Waals surface area contributed by atoms with Gasteiger partial charge in [0.25, 0.3) is 0 Å². The zero-order valence-electron chi connectivity index (χ0n) is 11.6. The summed E-state index contributed by atoms with van der Waals surface area (Å²) in [4.78, 5) is 17.8. The van der Waals surface area contributed by atoms with E-state index in [4.69, 9.17) is 14.3 Å². The smallest absolute Gasteiger partial charge is 0.404 e. The Balaban J connectivity index is 2.80. The predicted molar refractivity (Wildman–Crippen MR) is 76.3 cm³/mol. The number of hydrogen-bond acceptors (Lipinski definition) is 2. The van der Waals surface area contributed by atoms with Gasteiger partial charge >= 0.3 is 7.82 Å². The lowest BCUT2D eigenvalue weighted by Crippen LogP contribution is -1.97. The number of rotatable bonds is 8. The van der Waals surface area contributed by atoms with Crippen molar-refractivity contribution < 1.29 is 18.9 Å². The number of benzene rings is 1. The zero-order valence-corrected chi connectivity index (χ0v) is 12.5. The summed E-state index contributed by atoms with van der Waals surface area (Å²) in [6, 6.07) is 5.49. The van der Waals surface area contributed by atoms with Crippen LogP contribution in [0.1, 0.15) is 50.7 Å². The van der Waals surface area contributed by atoms with E-state index in [9.17, 15) is 4.57 Å². The summed E-state index contributed by atoms with van der Waals surface area (Å²) in [5.41, 5.74) is 2.04. The molecule has 1 aromatic carbocycles. The number of unbranched alkanes of at least 4 members (excludes halogenated alkanes) is 3. The molecule has 0 aliphatic carbocycles. The number of hydrogen-bond donors (Lipinski definition) is 2. The first-order valence-corrected chi connectivity index (χ1v) is 8.36. The Bertz CT molecular complexity index is 439. The lowest BCUT2D eigenvalue weighted by Gasteiger charge is -2.13. The first-order valence-electron chi connectivity index (χ1n) is 6.83. The summed E-state index contributed by atoms with van der Waals surface area (Å²) in [5.74, 6) is 0.307. The van der Waals surface area contributed by atoms with Crippen molar-refractivity contribution in [1.29, 1.82) is 0 Å². The van der Waals surface area contributed by atoms with Crippen LogP contribution in [0, 0.1) is 0 Å². The first kappa shape index (κ1) is 16.2. The monoisotopic (exact) mass is 286 g/mol. The minimum Gasteiger partial charge on any atom is -0.404 e. The third kappa shape index (κ3) is 6.24. The zero-order chi connectivity index (χ0) is 14.3. The maximum atomic E-state index is 11.0. The van der Waals surface area contributed by atoms with Gasteiger partial charge in [-0.05, 0) is 36.5 Å². The van der Waals surface area contributed by atoms with E-state index in [0.29, 0.717) is 5.75 Å². The summed E-state index contributed by atoms with van der Waals surface area (Å²) in [6.07, 6.45) is 6.19. The lowest BCUT2D eigenvalue weighted by atomic mass is 10.0. The average molecular weight is 286 g/mol. The Morgan fingerprint density at radius 3 is 2.47 bits per heavy atom. The fraction of sp³-hybridized carbons (Fsp3) is 0.571. The highest BCUT2D eigenvalue weighted by Gasteiger charge is 2.18. The highest BCUT2D eigenvalue weighted by Crippen LogP contribution is 2.39. The summed E-state index contributed by atoms with van der Waals surface area (Å²) < 4.78 is 15.7. The van der Waals surface area contributed by atoms with E-state index in [1.54, 1.807) is 6.07 Å². The van der Waals surface area contributed by atoms with Crippen LogP contribution in [0.4, 0.5) is 0 Å². The van der Waals surface area contributed by atoms with E-state index in [1.165, 1.54) is 12.8 Å². The van der Waals surface area contributed by atoms with Crippen molar-refractivity contribution in [3.63, 3.8) is 0 Å². The standard InChI is InChI=1S/C14H23O4P/c1-3-5-6-7-8-13-11-12(4-2)9-10-14(13)18-19(15,16)17/h9-11H,3-8H2,1-2H3,(H2,15,16,17). The molecule has 0 atom stereocenters. The molecule has 0 heterocycles. The highest BCUT2D eigenvalue weighted by molar-refractivity contribution is 7.46. The molecule has 19 heavy (non-hydrogen) atoms. The highest BCUT2D eigenvalue weighted by atomic mass is 31.2. The van der Waals surface area contributed by atoms with Gasteiger partial charge in [-0.25, -0.2) is 4.57 Å². The molecular weight excluding hydrogens is 263 g/mol. The van der Waals surface area contributed by atoms with Crippen molar-refractivity contribution in [2.24, 2.45) is 0 Å². The van der Waals surface area contributed by atoms with Crippen molar-refractivity contribution in [1.82, 2.24) is 0 Å². The van der Waals surface area contributed by atoms with Crippen LogP contribution < -0.4 is 4.52 Å². The number of phosphoric acid groups is 1. The molecule has 0 spiro atoms. The van der Waals surface area contributed by atoms with Gasteiger partial charge in [0.15, 0.2) is 0 Å². The molecule has 0 aliphatic rings. The lowest BCUT2D eigenvalue weighted by molar-refractivity contribution is 0.282. The van der Waals surface area contributed by atoms with Crippen molar-refractivity contribution in [2.45, 2.75) is 52.4 Å². The van der Waals surface area contributed by atoms with E-state index in [-0.39, 0.29) is 0 Å². The first-order chi connectivity index (χ1) is 8.96. The topological polar surface area (TPSA) is 66.8 Å². The quantitative estimate of drug-likeness (QED) is 0.563. The van der Waals surface area contributed by atoms with Gasteiger partial charge in [0.05, 0.1) is 0 Å². The Hall–Kier alpha value is -0.830. The van der Waals surface area contributed by atoms with Crippen LogP contribution in [0.25, 0.3) is 0 Å². The van der Waals surface area contributed by atoms with E-state index < -0.39 is 7.82 Å². The second-order valence-electron chi connectivity index (χ2n) is 4.69. The second-order valence-corrected chi connectivity index (χ2v) is 5.85. The van der Waals surface area contributed by atoms with Crippen LogP contribution >= 0.6 is 7.82 Å². The largest absolute Gasteiger partial charge is 0.524 e. The van der Waals surface area contributed by atoms with Gasteiger partial charge in [-0.2, -0.15) is 0 Å². The summed E-state index contributed by atoms with van der Waals surface area (Å²) in [5, 5.41) is 0. The van der Waals surface area contributed by atoms with Gasteiger partial charge in [-0.3, -0.25) is 9.79 Å². The molecule has 0 unspecified atom stereocenters. The predicted octanol–water partition coefficient (Wildman–Crippen LogP) is 3.84. The van der Waals surface area contributed by atoms with Crippen LogP contribution in [0.15, 0.2) is 18.2 Å². The third-order valence-electron chi connectivity index (χ3n) is 3.05. The minimum atomic E-state index is -4.48. The molecule has 0 saturated carbocycles. The average Bonchev–Trinajstić information content (AvgIpc) is 2.34. The molecule has 4 nitrogen and oxygen atoms in total. The summed E-state index contributed by atoms with van der Waals surface area (Å²) >= 11 is 0. The van der Waals surface area contributed by atoms with Crippen molar-refractivity contribution in [3.8, 4) is 5.75 Å². The molecule has 0 radical (unpaired) electrons. The fourth-order valence-corrected chi connectivity index (χ4v) is 2.44. The van der Waals surface area contributed by atoms with Gasteiger partial charge in [0, 0.05) is 0 Å². The molecule has 0 aliphatic heterocycles. The molecule has 2 N–H and O–H groups in total.